The molecule has 0 spiro atoms. The first kappa shape index (κ1) is 11.4. The van der Waals surface area contributed by atoms with Crippen LogP contribution in [-0.2, 0) is 0 Å². The van der Waals surface area contributed by atoms with Gasteiger partial charge in [0.25, 0.3) is 0 Å². The maximum atomic E-state index is 11.8. The number of carbonyl (C=O) groups is 1. The second kappa shape index (κ2) is 4.06. The lowest BCUT2D eigenvalue weighted by molar-refractivity contribution is 0.186. The van der Waals surface area contributed by atoms with Crippen molar-refractivity contribution in [3.63, 3.8) is 0 Å². The molecule has 0 aromatic carbocycles. The Kier molecular flexibility index (Phi) is 2.72. The summed E-state index contributed by atoms with van der Waals surface area (Å²) in [6.07, 6.45) is 3.39. The standard InChI is InChI=1S/C12H14N4O/c1-12(2,8-13)16-7-10(15-11(16)17)9-3-5-14-6-4-9/h3-6,10H,7H2,1-2H3,(H,15,17). The number of hydrogen-bond acceptors (Lipinski definition) is 3. The van der Waals surface area contributed by atoms with E-state index in [1.807, 2.05) is 12.1 Å². The Labute approximate surface area is 100 Å². The molecule has 1 saturated heterocycles. The zero-order valence-electron chi connectivity index (χ0n) is 9.84. The molecule has 2 amide bonds. The van der Waals surface area contributed by atoms with E-state index in [2.05, 4.69) is 16.4 Å². The molecule has 1 aromatic heterocycles. The summed E-state index contributed by atoms with van der Waals surface area (Å²) >= 11 is 0. The highest BCUT2D eigenvalue weighted by Gasteiger charge is 2.39. The van der Waals surface area contributed by atoms with E-state index in [0.29, 0.717) is 6.54 Å². The van der Waals surface area contributed by atoms with E-state index in [0.717, 1.165) is 5.56 Å². The van der Waals surface area contributed by atoms with Crippen LogP contribution in [0.2, 0.25) is 0 Å². The molecule has 1 fully saturated rings. The minimum absolute atomic E-state index is 0.0712. The van der Waals surface area contributed by atoms with Gasteiger partial charge in [-0.15, -0.1) is 0 Å². The van der Waals surface area contributed by atoms with Gasteiger partial charge in [0.2, 0.25) is 0 Å². The van der Waals surface area contributed by atoms with Gasteiger partial charge in [0.05, 0.1) is 12.1 Å². The second-order valence-corrected chi connectivity index (χ2v) is 4.56. The molecule has 1 aliphatic heterocycles. The number of pyridine rings is 1. The van der Waals surface area contributed by atoms with Crippen molar-refractivity contribution in [2.75, 3.05) is 6.54 Å². The van der Waals surface area contributed by atoms with Crippen molar-refractivity contribution in [2.24, 2.45) is 0 Å². The molecule has 2 rings (SSSR count). The summed E-state index contributed by atoms with van der Waals surface area (Å²) in [5.74, 6) is 0. The number of nitrogens with one attached hydrogen (secondary N) is 1. The van der Waals surface area contributed by atoms with Crippen molar-refractivity contribution in [1.29, 1.82) is 5.26 Å². The number of amides is 2. The quantitative estimate of drug-likeness (QED) is 0.836. The van der Waals surface area contributed by atoms with Crippen molar-refractivity contribution in [3.05, 3.63) is 30.1 Å². The molecule has 2 heterocycles. The molecular formula is C12H14N4O. The van der Waals surface area contributed by atoms with Crippen LogP contribution in [0.5, 0.6) is 0 Å². The number of nitriles is 1. The number of carbonyl (C=O) groups excluding carboxylic acids is 1. The van der Waals surface area contributed by atoms with Crippen LogP contribution in [0.3, 0.4) is 0 Å². The fraction of sp³-hybridized carbons (Fsp3) is 0.417. The highest BCUT2D eigenvalue weighted by molar-refractivity contribution is 5.78. The minimum atomic E-state index is -0.786. The Morgan fingerprint density at radius 1 is 1.53 bits per heavy atom. The summed E-state index contributed by atoms with van der Waals surface area (Å²) in [4.78, 5) is 17.3. The fourth-order valence-corrected chi connectivity index (χ4v) is 1.87. The van der Waals surface area contributed by atoms with E-state index < -0.39 is 5.54 Å². The summed E-state index contributed by atoms with van der Waals surface area (Å²) in [7, 11) is 0. The van der Waals surface area contributed by atoms with Crippen LogP contribution < -0.4 is 5.32 Å². The first-order valence-electron chi connectivity index (χ1n) is 5.44. The largest absolute Gasteiger partial charge is 0.329 e. The topological polar surface area (TPSA) is 69.0 Å². The predicted molar refractivity (Wildman–Crippen MR) is 61.9 cm³/mol. The average Bonchev–Trinajstić information content (AvgIpc) is 2.73. The van der Waals surface area contributed by atoms with Crippen LogP contribution in [0.4, 0.5) is 4.79 Å². The van der Waals surface area contributed by atoms with Crippen LogP contribution in [0, 0.1) is 11.3 Å². The lowest BCUT2D eigenvalue weighted by atomic mass is 10.0. The van der Waals surface area contributed by atoms with Crippen molar-refractivity contribution >= 4 is 6.03 Å². The van der Waals surface area contributed by atoms with Gasteiger partial charge in [0.15, 0.2) is 0 Å². The zero-order chi connectivity index (χ0) is 12.5. The van der Waals surface area contributed by atoms with Crippen molar-refractivity contribution in [1.82, 2.24) is 15.2 Å². The highest BCUT2D eigenvalue weighted by Crippen LogP contribution is 2.25. The number of rotatable bonds is 2. The predicted octanol–water partition coefficient (Wildman–Crippen LogP) is 1.45. The van der Waals surface area contributed by atoms with E-state index in [1.54, 1.807) is 31.1 Å². The Morgan fingerprint density at radius 2 is 2.18 bits per heavy atom. The summed E-state index contributed by atoms with van der Waals surface area (Å²) in [6.45, 7) is 3.98. The van der Waals surface area contributed by atoms with Crippen LogP contribution in [-0.4, -0.2) is 28.0 Å². The lowest BCUT2D eigenvalue weighted by Crippen LogP contribution is -2.44. The van der Waals surface area contributed by atoms with Gasteiger partial charge in [0, 0.05) is 18.9 Å². The second-order valence-electron chi connectivity index (χ2n) is 4.56. The Morgan fingerprint density at radius 3 is 2.76 bits per heavy atom. The molecule has 0 bridgehead atoms. The Hall–Kier alpha value is -2.09. The van der Waals surface area contributed by atoms with E-state index in [-0.39, 0.29) is 12.1 Å². The molecule has 5 nitrogen and oxygen atoms in total. The molecule has 1 atom stereocenters. The highest BCUT2D eigenvalue weighted by atomic mass is 16.2. The molecular weight excluding hydrogens is 216 g/mol. The molecule has 0 saturated carbocycles. The average molecular weight is 230 g/mol. The number of aromatic nitrogens is 1. The normalized spacial score (nSPS) is 19.9. The van der Waals surface area contributed by atoms with Crippen molar-refractivity contribution in [2.45, 2.75) is 25.4 Å². The van der Waals surface area contributed by atoms with Gasteiger partial charge in [0.1, 0.15) is 5.54 Å². The SMILES string of the molecule is CC(C)(C#N)N1CC(c2ccncc2)NC1=O. The third kappa shape index (κ3) is 2.07. The van der Waals surface area contributed by atoms with Crippen LogP contribution in [0.15, 0.2) is 24.5 Å². The number of hydrogen-bond donors (Lipinski definition) is 1. The first-order valence-corrected chi connectivity index (χ1v) is 5.44. The van der Waals surface area contributed by atoms with E-state index in [4.69, 9.17) is 5.26 Å². The van der Waals surface area contributed by atoms with Crippen LogP contribution in [0.25, 0.3) is 0 Å². The fourth-order valence-electron chi connectivity index (χ4n) is 1.87. The monoisotopic (exact) mass is 230 g/mol. The van der Waals surface area contributed by atoms with Crippen molar-refractivity contribution in [3.8, 4) is 6.07 Å². The molecule has 17 heavy (non-hydrogen) atoms. The van der Waals surface area contributed by atoms with Gasteiger partial charge in [-0.1, -0.05) is 0 Å². The van der Waals surface area contributed by atoms with E-state index >= 15 is 0 Å². The lowest BCUT2D eigenvalue weighted by Gasteiger charge is -2.27. The van der Waals surface area contributed by atoms with Crippen molar-refractivity contribution < 1.29 is 4.79 Å². The third-order valence-electron chi connectivity index (χ3n) is 2.96. The van der Waals surface area contributed by atoms with Gasteiger partial charge >= 0.3 is 6.03 Å². The first-order chi connectivity index (χ1) is 8.04. The summed E-state index contributed by atoms with van der Waals surface area (Å²) in [6, 6.07) is 5.61. The molecule has 1 N–H and O–H groups in total. The minimum Gasteiger partial charge on any atom is -0.329 e. The zero-order valence-corrected chi connectivity index (χ0v) is 9.84. The molecule has 0 radical (unpaired) electrons. The molecule has 5 heteroatoms. The molecule has 88 valence electrons. The summed E-state index contributed by atoms with van der Waals surface area (Å²) in [5.41, 5.74) is 0.218. The molecule has 0 aliphatic carbocycles. The van der Waals surface area contributed by atoms with Gasteiger partial charge in [-0.05, 0) is 31.5 Å². The van der Waals surface area contributed by atoms with E-state index in [1.165, 1.54) is 0 Å². The van der Waals surface area contributed by atoms with E-state index in [9.17, 15) is 4.79 Å². The maximum Gasteiger partial charge on any atom is 0.319 e. The van der Waals surface area contributed by atoms with Gasteiger partial charge in [-0.3, -0.25) is 4.98 Å². The third-order valence-corrected chi connectivity index (χ3v) is 2.96. The van der Waals surface area contributed by atoms with Gasteiger partial charge in [-0.25, -0.2) is 4.79 Å². The molecule has 1 aromatic rings. The number of nitrogens with zero attached hydrogens (tertiary/aromatic N) is 3. The maximum absolute atomic E-state index is 11.8. The molecule has 1 unspecified atom stereocenters. The molecule has 1 aliphatic rings. The van der Waals surface area contributed by atoms with Gasteiger partial charge < -0.3 is 10.2 Å². The van der Waals surface area contributed by atoms with Gasteiger partial charge in [-0.2, -0.15) is 5.26 Å². The Bertz CT molecular complexity index is 463. The smallest absolute Gasteiger partial charge is 0.319 e. The number of urea groups is 1. The van der Waals surface area contributed by atoms with Crippen LogP contribution >= 0.6 is 0 Å². The summed E-state index contributed by atoms with van der Waals surface area (Å²) in [5, 5.41) is 11.9. The van der Waals surface area contributed by atoms with Crippen LogP contribution in [0.1, 0.15) is 25.5 Å². The Balaban J connectivity index is 2.19. The summed E-state index contributed by atoms with van der Waals surface area (Å²) < 4.78 is 0.